The molecule has 1 aromatic carbocycles. The fraction of sp³-hybridized carbons (Fsp3) is 0.647. The zero-order valence-electron chi connectivity index (χ0n) is 12.5. The zero-order chi connectivity index (χ0) is 13.5. The minimum absolute atomic E-state index is 0.564. The van der Waals surface area contributed by atoms with Crippen molar-refractivity contribution in [1.29, 1.82) is 0 Å². The van der Waals surface area contributed by atoms with E-state index in [-0.39, 0.29) is 0 Å². The summed E-state index contributed by atoms with van der Waals surface area (Å²) in [5.41, 5.74) is 5.04. The van der Waals surface area contributed by atoms with Crippen LogP contribution in [0.15, 0.2) is 18.2 Å². The van der Waals surface area contributed by atoms with E-state index in [4.69, 9.17) is 0 Å². The summed E-state index contributed by atoms with van der Waals surface area (Å²) in [6.45, 7) is 11.8. The van der Waals surface area contributed by atoms with E-state index in [1.807, 2.05) is 0 Å². The van der Waals surface area contributed by atoms with Crippen LogP contribution in [0.5, 0.6) is 0 Å². The zero-order valence-corrected chi connectivity index (χ0v) is 12.5. The van der Waals surface area contributed by atoms with Crippen LogP contribution in [0.4, 0.5) is 5.69 Å². The van der Waals surface area contributed by atoms with Gasteiger partial charge in [-0.2, -0.15) is 0 Å². The first-order valence-corrected chi connectivity index (χ1v) is 7.66. The Morgan fingerprint density at radius 1 is 1.26 bits per heavy atom. The first-order valence-electron chi connectivity index (χ1n) is 7.66. The van der Waals surface area contributed by atoms with E-state index in [2.05, 4.69) is 49.2 Å². The molecule has 0 aliphatic carbocycles. The standard InChI is InChI=1S/C17H26N2/c1-13(2)15-7-4-6-14(3)16(15)19-9-5-8-17(12-19)10-18-11-17/h4,6-7,13,18H,5,8-12H2,1-3H3. The van der Waals surface area contributed by atoms with E-state index in [1.54, 1.807) is 0 Å². The predicted octanol–water partition coefficient (Wildman–Crippen LogP) is 3.31. The van der Waals surface area contributed by atoms with Gasteiger partial charge in [-0.25, -0.2) is 0 Å². The normalized spacial score (nSPS) is 21.8. The van der Waals surface area contributed by atoms with Crippen molar-refractivity contribution in [2.75, 3.05) is 31.1 Å². The Bertz CT molecular complexity index is 460. The van der Waals surface area contributed by atoms with Crippen LogP contribution >= 0.6 is 0 Å². The van der Waals surface area contributed by atoms with Crippen molar-refractivity contribution in [1.82, 2.24) is 5.32 Å². The van der Waals surface area contributed by atoms with E-state index in [0.29, 0.717) is 11.3 Å². The van der Waals surface area contributed by atoms with Gasteiger partial charge in [0.1, 0.15) is 0 Å². The summed E-state index contributed by atoms with van der Waals surface area (Å²) in [5, 5.41) is 3.47. The third kappa shape index (κ3) is 2.27. The molecule has 2 heteroatoms. The number of piperidine rings is 1. The van der Waals surface area contributed by atoms with Crippen molar-refractivity contribution in [2.45, 2.75) is 39.5 Å². The van der Waals surface area contributed by atoms with E-state index >= 15 is 0 Å². The van der Waals surface area contributed by atoms with Crippen LogP contribution in [0.3, 0.4) is 0 Å². The molecule has 0 unspecified atom stereocenters. The second-order valence-corrected chi connectivity index (χ2v) is 6.80. The first-order chi connectivity index (χ1) is 9.11. The number of nitrogens with zero attached hydrogens (tertiary/aromatic N) is 1. The molecule has 0 saturated carbocycles. The highest BCUT2D eigenvalue weighted by Gasteiger charge is 2.41. The maximum absolute atomic E-state index is 3.47. The van der Waals surface area contributed by atoms with Gasteiger partial charge in [-0.1, -0.05) is 32.0 Å². The van der Waals surface area contributed by atoms with Gasteiger partial charge in [0.2, 0.25) is 0 Å². The third-order valence-corrected chi connectivity index (χ3v) is 4.87. The average Bonchev–Trinajstić information content (AvgIpc) is 2.36. The van der Waals surface area contributed by atoms with Crippen LogP contribution in [-0.4, -0.2) is 26.2 Å². The van der Waals surface area contributed by atoms with Crippen molar-refractivity contribution in [2.24, 2.45) is 5.41 Å². The van der Waals surface area contributed by atoms with Gasteiger partial charge in [0.15, 0.2) is 0 Å². The van der Waals surface area contributed by atoms with Gasteiger partial charge in [-0.15, -0.1) is 0 Å². The molecule has 3 rings (SSSR count). The number of hydrogen-bond acceptors (Lipinski definition) is 2. The third-order valence-electron chi connectivity index (χ3n) is 4.87. The van der Waals surface area contributed by atoms with Gasteiger partial charge >= 0.3 is 0 Å². The van der Waals surface area contributed by atoms with Crippen LogP contribution in [-0.2, 0) is 0 Å². The van der Waals surface area contributed by atoms with Gasteiger partial charge in [0, 0.05) is 37.3 Å². The lowest BCUT2D eigenvalue weighted by Gasteiger charge is -2.50. The van der Waals surface area contributed by atoms with Crippen LogP contribution in [0.25, 0.3) is 0 Å². The number of para-hydroxylation sites is 1. The molecule has 0 bridgehead atoms. The summed E-state index contributed by atoms with van der Waals surface area (Å²) >= 11 is 0. The van der Waals surface area contributed by atoms with Gasteiger partial charge < -0.3 is 10.2 Å². The number of nitrogens with one attached hydrogen (secondary N) is 1. The van der Waals surface area contributed by atoms with Crippen LogP contribution < -0.4 is 10.2 Å². The molecule has 2 heterocycles. The highest BCUT2D eigenvalue weighted by atomic mass is 15.2. The summed E-state index contributed by atoms with van der Waals surface area (Å²) in [6, 6.07) is 6.79. The molecule has 19 heavy (non-hydrogen) atoms. The molecule has 2 saturated heterocycles. The molecule has 0 radical (unpaired) electrons. The first kappa shape index (κ1) is 13.0. The van der Waals surface area contributed by atoms with Crippen LogP contribution in [0.1, 0.15) is 43.7 Å². The maximum Gasteiger partial charge on any atom is 0.0431 e. The minimum Gasteiger partial charge on any atom is -0.370 e. The minimum atomic E-state index is 0.564. The van der Waals surface area contributed by atoms with E-state index in [9.17, 15) is 0 Å². The molecule has 0 atom stereocenters. The smallest absolute Gasteiger partial charge is 0.0431 e. The summed E-state index contributed by atoms with van der Waals surface area (Å²) in [4.78, 5) is 2.66. The molecule has 2 aliphatic heterocycles. The lowest BCUT2D eigenvalue weighted by atomic mass is 9.74. The summed E-state index contributed by atoms with van der Waals surface area (Å²) < 4.78 is 0. The molecule has 1 spiro atoms. The molecule has 1 aromatic rings. The molecule has 0 aromatic heterocycles. The summed E-state index contributed by atoms with van der Waals surface area (Å²) in [7, 11) is 0. The number of benzene rings is 1. The second-order valence-electron chi connectivity index (χ2n) is 6.80. The van der Waals surface area contributed by atoms with Gasteiger partial charge in [0.05, 0.1) is 0 Å². The Kier molecular flexibility index (Phi) is 3.30. The quantitative estimate of drug-likeness (QED) is 0.875. The Hall–Kier alpha value is -1.02. The van der Waals surface area contributed by atoms with Gasteiger partial charge in [0.25, 0.3) is 0 Å². The molecule has 2 fully saturated rings. The van der Waals surface area contributed by atoms with Crippen molar-refractivity contribution in [3.8, 4) is 0 Å². The average molecular weight is 258 g/mol. The molecule has 2 nitrogen and oxygen atoms in total. The topological polar surface area (TPSA) is 15.3 Å². The molecular weight excluding hydrogens is 232 g/mol. The molecule has 104 valence electrons. The summed E-state index contributed by atoms with van der Waals surface area (Å²) in [6.07, 6.45) is 2.74. The van der Waals surface area contributed by atoms with Crippen molar-refractivity contribution < 1.29 is 0 Å². The molecule has 1 N–H and O–H groups in total. The molecular formula is C17H26N2. The Morgan fingerprint density at radius 3 is 2.68 bits per heavy atom. The van der Waals surface area contributed by atoms with Gasteiger partial charge in [-0.3, -0.25) is 0 Å². The van der Waals surface area contributed by atoms with Crippen molar-refractivity contribution in [3.05, 3.63) is 29.3 Å². The van der Waals surface area contributed by atoms with E-state index in [0.717, 1.165) is 0 Å². The van der Waals surface area contributed by atoms with Crippen LogP contribution in [0, 0.1) is 12.3 Å². The summed E-state index contributed by atoms with van der Waals surface area (Å²) in [5.74, 6) is 0.604. The maximum atomic E-state index is 3.47. The Morgan fingerprint density at radius 2 is 2.05 bits per heavy atom. The number of anilines is 1. The largest absolute Gasteiger partial charge is 0.370 e. The second kappa shape index (κ2) is 4.82. The number of aryl methyl sites for hydroxylation is 1. The van der Waals surface area contributed by atoms with Crippen molar-refractivity contribution in [3.63, 3.8) is 0 Å². The Balaban J connectivity index is 1.92. The fourth-order valence-corrected chi connectivity index (χ4v) is 3.75. The highest BCUT2D eigenvalue weighted by Crippen LogP contribution is 2.39. The monoisotopic (exact) mass is 258 g/mol. The van der Waals surface area contributed by atoms with Crippen molar-refractivity contribution >= 4 is 5.69 Å². The number of hydrogen-bond donors (Lipinski definition) is 1. The predicted molar refractivity (Wildman–Crippen MR) is 82.0 cm³/mol. The fourth-order valence-electron chi connectivity index (χ4n) is 3.75. The van der Waals surface area contributed by atoms with E-state index in [1.165, 1.54) is 55.8 Å². The van der Waals surface area contributed by atoms with Gasteiger partial charge in [-0.05, 0) is 36.8 Å². The highest BCUT2D eigenvalue weighted by molar-refractivity contribution is 5.61. The van der Waals surface area contributed by atoms with Crippen LogP contribution in [0.2, 0.25) is 0 Å². The number of rotatable bonds is 2. The molecule has 2 aliphatic rings. The van der Waals surface area contributed by atoms with E-state index < -0.39 is 0 Å². The molecule has 0 amide bonds. The lowest BCUT2D eigenvalue weighted by Crippen LogP contribution is -2.61. The SMILES string of the molecule is Cc1cccc(C(C)C)c1N1CCCC2(CNC2)C1. The Labute approximate surface area is 117 Å². The lowest BCUT2D eigenvalue weighted by molar-refractivity contribution is 0.138.